The highest BCUT2D eigenvalue weighted by Gasteiger charge is 2.27. The third-order valence-electron chi connectivity index (χ3n) is 4.88. The SMILES string of the molecule is COc1cc(OC)cc(C(=O)N2CCN(Cc3ccccc3)C(C)C2)c1. The minimum atomic E-state index is 0.0217. The third-order valence-corrected chi connectivity index (χ3v) is 4.88. The molecule has 1 unspecified atom stereocenters. The van der Waals surface area contributed by atoms with E-state index in [0.717, 1.165) is 19.6 Å². The largest absolute Gasteiger partial charge is 0.497 e. The summed E-state index contributed by atoms with van der Waals surface area (Å²) in [5.41, 5.74) is 1.90. The van der Waals surface area contributed by atoms with Crippen LogP contribution in [0.4, 0.5) is 0 Å². The van der Waals surface area contributed by atoms with Crippen molar-refractivity contribution in [3.63, 3.8) is 0 Å². The van der Waals surface area contributed by atoms with Crippen LogP contribution in [0, 0.1) is 0 Å². The number of piperazine rings is 1. The van der Waals surface area contributed by atoms with Crippen molar-refractivity contribution in [3.05, 3.63) is 59.7 Å². The molecule has 1 heterocycles. The molecule has 2 aromatic rings. The van der Waals surface area contributed by atoms with E-state index in [4.69, 9.17) is 9.47 Å². The van der Waals surface area contributed by atoms with Gasteiger partial charge in [-0.25, -0.2) is 0 Å². The van der Waals surface area contributed by atoms with Gasteiger partial charge in [0.2, 0.25) is 0 Å². The van der Waals surface area contributed by atoms with Crippen LogP contribution in [0.3, 0.4) is 0 Å². The second-order valence-electron chi connectivity index (χ2n) is 6.66. The van der Waals surface area contributed by atoms with Gasteiger partial charge in [0.1, 0.15) is 11.5 Å². The number of amides is 1. The molecule has 5 nitrogen and oxygen atoms in total. The van der Waals surface area contributed by atoms with Crippen LogP contribution in [0.2, 0.25) is 0 Å². The van der Waals surface area contributed by atoms with Crippen LogP contribution in [-0.4, -0.2) is 55.6 Å². The van der Waals surface area contributed by atoms with Gasteiger partial charge in [-0.2, -0.15) is 0 Å². The summed E-state index contributed by atoms with van der Waals surface area (Å²) in [6.45, 7) is 5.38. The average Bonchev–Trinajstić information content (AvgIpc) is 2.69. The van der Waals surface area contributed by atoms with Crippen molar-refractivity contribution in [1.82, 2.24) is 9.80 Å². The Morgan fingerprint density at radius 3 is 2.27 bits per heavy atom. The Morgan fingerprint density at radius 2 is 1.69 bits per heavy atom. The van der Waals surface area contributed by atoms with Gasteiger partial charge in [-0.1, -0.05) is 30.3 Å². The second kappa shape index (κ2) is 8.23. The first-order valence-electron chi connectivity index (χ1n) is 8.91. The van der Waals surface area contributed by atoms with Crippen molar-refractivity contribution in [2.24, 2.45) is 0 Å². The molecular formula is C21H26N2O3. The topological polar surface area (TPSA) is 42.0 Å². The zero-order chi connectivity index (χ0) is 18.5. The van der Waals surface area contributed by atoms with Gasteiger partial charge >= 0.3 is 0 Å². The molecule has 0 aromatic heterocycles. The normalized spacial score (nSPS) is 17.8. The lowest BCUT2D eigenvalue weighted by Crippen LogP contribution is -2.53. The van der Waals surface area contributed by atoms with Crippen molar-refractivity contribution < 1.29 is 14.3 Å². The number of benzene rings is 2. The number of rotatable bonds is 5. The molecule has 1 saturated heterocycles. The maximum absolute atomic E-state index is 12.9. The molecule has 0 saturated carbocycles. The number of ether oxygens (including phenoxy) is 2. The van der Waals surface area contributed by atoms with E-state index in [1.54, 1.807) is 32.4 Å². The lowest BCUT2D eigenvalue weighted by Gasteiger charge is -2.40. The minimum absolute atomic E-state index is 0.0217. The molecule has 0 spiro atoms. The summed E-state index contributed by atoms with van der Waals surface area (Å²) in [5, 5.41) is 0. The predicted molar refractivity (Wildman–Crippen MR) is 102 cm³/mol. The van der Waals surface area contributed by atoms with E-state index in [0.29, 0.717) is 29.6 Å². The van der Waals surface area contributed by atoms with Gasteiger partial charge in [0, 0.05) is 43.9 Å². The summed E-state index contributed by atoms with van der Waals surface area (Å²) in [6.07, 6.45) is 0. The summed E-state index contributed by atoms with van der Waals surface area (Å²) >= 11 is 0. The zero-order valence-corrected chi connectivity index (χ0v) is 15.6. The van der Waals surface area contributed by atoms with Gasteiger partial charge in [-0.3, -0.25) is 9.69 Å². The maximum atomic E-state index is 12.9. The number of carbonyl (C=O) groups is 1. The summed E-state index contributed by atoms with van der Waals surface area (Å²) in [6, 6.07) is 16.1. The van der Waals surface area contributed by atoms with Crippen molar-refractivity contribution in [1.29, 1.82) is 0 Å². The summed E-state index contributed by atoms with van der Waals surface area (Å²) in [4.78, 5) is 17.3. The lowest BCUT2D eigenvalue weighted by molar-refractivity contribution is 0.0494. The Hall–Kier alpha value is -2.53. The molecule has 0 radical (unpaired) electrons. The van der Waals surface area contributed by atoms with E-state index in [9.17, 15) is 4.79 Å². The highest BCUT2D eigenvalue weighted by molar-refractivity contribution is 5.95. The van der Waals surface area contributed by atoms with Crippen LogP contribution in [0.15, 0.2) is 48.5 Å². The van der Waals surface area contributed by atoms with Crippen LogP contribution >= 0.6 is 0 Å². The van der Waals surface area contributed by atoms with Crippen LogP contribution in [-0.2, 0) is 6.54 Å². The number of methoxy groups -OCH3 is 2. The molecule has 1 aliphatic rings. The molecule has 2 aromatic carbocycles. The second-order valence-corrected chi connectivity index (χ2v) is 6.66. The fraction of sp³-hybridized carbons (Fsp3) is 0.381. The summed E-state index contributed by atoms with van der Waals surface area (Å²) < 4.78 is 10.6. The van der Waals surface area contributed by atoms with Gasteiger partial charge in [0.25, 0.3) is 5.91 Å². The molecule has 0 aliphatic carbocycles. The molecule has 3 rings (SSSR count). The lowest BCUT2D eigenvalue weighted by atomic mass is 10.1. The first-order valence-corrected chi connectivity index (χ1v) is 8.91. The molecule has 0 bridgehead atoms. The summed E-state index contributed by atoms with van der Waals surface area (Å²) in [7, 11) is 3.18. The molecule has 1 atom stereocenters. The highest BCUT2D eigenvalue weighted by Crippen LogP contribution is 2.24. The highest BCUT2D eigenvalue weighted by atomic mass is 16.5. The Balaban J connectivity index is 1.67. The quantitative estimate of drug-likeness (QED) is 0.828. The van der Waals surface area contributed by atoms with Crippen LogP contribution in [0.1, 0.15) is 22.8 Å². The van der Waals surface area contributed by atoms with Crippen LogP contribution in [0.5, 0.6) is 11.5 Å². The van der Waals surface area contributed by atoms with Crippen LogP contribution in [0.25, 0.3) is 0 Å². The Kier molecular flexibility index (Phi) is 5.78. The molecule has 1 fully saturated rings. The molecule has 5 heteroatoms. The Morgan fingerprint density at radius 1 is 1.04 bits per heavy atom. The van der Waals surface area contributed by atoms with Crippen molar-refractivity contribution >= 4 is 5.91 Å². The number of carbonyl (C=O) groups excluding carboxylic acids is 1. The monoisotopic (exact) mass is 354 g/mol. The number of nitrogens with zero attached hydrogens (tertiary/aromatic N) is 2. The van der Waals surface area contributed by atoms with Gasteiger partial charge in [-0.05, 0) is 24.6 Å². The average molecular weight is 354 g/mol. The Bertz CT molecular complexity index is 726. The first kappa shape index (κ1) is 18.3. The minimum Gasteiger partial charge on any atom is -0.497 e. The van der Waals surface area contributed by atoms with Crippen molar-refractivity contribution in [2.75, 3.05) is 33.9 Å². The number of hydrogen-bond acceptors (Lipinski definition) is 4. The Labute approximate surface area is 155 Å². The molecule has 1 amide bonds. The van der Waals surface area contributed by atoms with E-state index in [1.807, 2.05) is 11.0 Å². The van der Waals surface area contributed by atoms with E-state index >= 15 is 0 Å². The van der Waals surface area contributed by atoms with E-state index in [-0.39, 0.29) is 5.91 Å². The molecule has 1 aliphatic heterocycles. The summed E-state index contributed by atoms with van der Waals surface area (Å²) in [5.74, 6) is 1.28. The van der Waals surface area contributed by atoms with E-state index in [2.05, 4.69) is 36.1 Å². The fourth-order valence-electron chi connectivity index (χ4n) is 3.35. The van der Waals surface area contributed by atoms with Crippen molar-refractivity contribution in [3.8, 4) is 11.5 Å². The number of hydrogen-bond donors (Lipinski definition) is 0. The standard InChI is InChI=1S/C21H26N2O3/c1-16-14-23(10-9-22(16)15-17-7-5-4-6-8-17)21(24)18-11-19(25-2)13-20(12-18)26-3/h4-8,11-13,16H,9-10,14-15H2,1-3H3. The van der Waals surface area contributed by atoms with E-state index in [1.165, 1.54) is 5.56 Å². The smallest absolute Gasteiger partial charge is 0.254 e. The van der Waals surface area contributed by atoms with Gasteiger partial charge in [0.15, 0.2) is 0 Å². The zero-order valence-electron chi connectivity index (χ0n) is 15.6. The van der Waals surface area contributed by atoms with E-state index < -0.39 is 0 Å². The first-order chi connectivity index (χ1) is 12.6. The van der Waals surface area contributed by atoms with Crippen LogP contribution < -0.4 is 9.47 Å². The van der Waals surface area contributed by atoms with Crippen molar-refractivity contribution in [2.45, 2.75) is 19.5 Å². The van der Waals surface area contributed by atoms with Gasteiger partial charge in [-0.15, -0.1) is 0 Å². The third kappa shape index (κ3) is 4.17. The van der Waals surface area contributed by atoms with Gasteiger partial charge < -0.3 is 14.4 Å². The molecular weight excluding hydrogens is 328 g/mol. The maximum Gasteiger partial charge on any atom is 0.254 e. The molecule has 0 N–H and O–H groups in total. The molecule has 26 heavy (non-hydrogen) atoms. The van der Waals surface area contributed by atoms with Gasteiger partial charge in [0.05, 0.1) is 14.2 Å². The molecule has 138 valence electrons. The predicted octanol–water partition coefficient (Wildman–Crippen LogP) is 3.05. The fourth-order valence-corrected chi connectivity index (χ4v) is 3.35.